The van der Waals surface area contributed by atoms with Gasteiger partial charge in [-0.1, -0.05) is 29.8 Å². The minimum Gasteiger partial charge on any atom is -0.341 e. The summed E-state index contributed by atoms with van der Waals surface area (Å²) >= 11 is 0. The smallest absolute Gasteiger partial charge is 0.245 e. The summed E-state index contributed by atoms with van der Waals surface area (Å²) in [7, 11) is 1.95. The molecule has 2 heterocycles. The van der Waals surface area contributed by atoms with Crippen LogP contribution in [0.5, 0.6) is 0 Å². The van der Waals surface area contributed by atoms with Crippen LogP contribution in [-0.4, -0.2) is 54.3 Å². The van der Waals surface area contributed by atoms with Crippen molar-refractivity contribution in [1.29, 1.82) is 0 Å². The molecule has 2 atom stereocenters. The molecule has 0 radical (unpaired) electrons. The predicted octanol–water partition coefficient (Wildman–Crippen LogP) is 1.55. The topological polar surface area (TPSA) is 52.7 Å². The Kier molecular flexibility index (Phi) is 5.19. The first kappa shape index (κ1) is 17.0. The first-order valence-corrected chi connectivity index (χ1v) is 8.87. The van der Waals surface area contributed by atoms with E-state index in [1.807, 2.05) is 31.0 Å². The standard InChI is InChI=1S/C19H27N3O2/c1-14-3-5-15(6-4-14)13-22-17(7-8-18(22)23)19(24)21-10-9-16(12-21)11-20-2/h3-6,16-17,20H,7-13H2,1-2H3. The zero-order valence-electron chi connectivity index (χ0n) is 14.6. The number of carbonyl (C=O) groups excluding carboxylic acids is 2. The molecule has 5 nitrogen and oxygen atoms in total. The maximum Gasteiger partial charge on any atom is 0.245 e. The lowest BCUT2D eigenvalue weighted by Gasteiger charge is -2.28. The second-order valence-electron chi connectivity index (χ2n) is 7.06. The van der Waals surface area contributed by atoms with Crippen molar-refractivity contribution in [1.82, 2.24) is 15.1 Å². The van der Waals surface area contributed by atoms with Gasteiger partial charge in [-0.3, -0.25) is 9.59 Å². The Morgan fingerprint density at radius 1 is 1.25 bits per heavy atom. The number of hydrogen-bond donors (Lipinski definition) is 1. The van der Waals surface area contributed by atoms with Crippen molar-refractivity contribution in [3.8, 4) is 0 Å². The van der Waals surface area contributed by atoms with Gasteiger partial charge in [0.2, 0.25) is 11.8 Å². The third kappa shape index (κ3) is 3.61. The van der Waals surface area contributed by atoms with Crippen LogP contribution in [0.4, 0.5) is 0 Å². The second-order valence-corrected chi connectivity index (χ2v) is 7.06. The third-order valence-electron chi connectivity index (χ3n) is 5.18. The van der Waals surface area contributed by atoms with Crippen molar-refractivity contribution in [2.24, 2.45) is 5.92 Å². The summed E-state index contributed by atoms with van der Waals surface area (Å²) in [5.41, 5.74) is 2.29. The molecule has 2 aliphatic rings. The molecule has 2 saturated heterocycles. The van der Waals surface area contributed by atoms with Gasteiger partial charge in [0, 0.05) is 26.1 Å². The van der Waals surface area contributed by atoms with E-state index in [2.05, 4.69) is 17.4 Å². The summed E-state index contributed by atoms with van der Waals surface area (Å²) in [5.74, 6) is 0.757. The summed E-state index contributed by atoms with van der Waals surface area (Å²) in [6, 6.07) is 7.90. The van der Waals surface area contributed by atoms with Gasteiger partial charge in [0.1, 0.15) is 6.04 Å². The Morgan fingerprint density at radius 2 is 2.00 bits per heavy atom. The number of rotatable bonds is 5. The number of nitrogens with one attached hydrogen (secondary N) is 1. The number of hydrogen-bond acceptors (Lipinski definition) is 3. The van der Waals surface area contributed by atoms with Crippen LogP contribution in [0.2, 0.25) is 0 Å². The van der Waals surface area contributed by atoms with Crippen molar-refractivity contribution in [2.45, 2.75) is 38.8 Å². The van der Waals surface area contributed by atoms with Crippen molar-refractivity contribution in [2.75, 3.05) is 26.7 Å². The van der Waals surface area contributed by atoms with Gasteiger partial charge in [0.15, 0.2) is 0 Å². The average Bonchev–Trinajstić information content (AvgIpc) is 3.17. The van der Waals surface area contributed by atoms with Crippen LogP contribution in [0, 0.1) is 12.8 Å². The zero-order valence-corrected chi connectivity index (χ0v) is 14.6. The van der Waals surface area contributed by atoms with Crippen molar-refractivity contribution >= 4 is 11.8 Å². The molecule has 5 heteroatoms. The number of likely N-dealkylation sites (tertiary alicyclic amines) is 2. The van der Waals surface area contributed by atoms with Crippen LogP contribution in [0.3, 0.4) is 0 Å². The quantitative estimate of drug-likeness (QED) is 0.892. The lowest BCUT2D eigenvalue weighted by atomic mass is 10.1. The van der Waals surface area contributed by atoms with E-state index in [0.717, 1.165) is 31.6 Å². The molecule has 24 heavy (non-hydrogen) atoms. The number of amides is 2. The molecule has 130 valence electrons. The minimum atomic E-state index is -0.285. The van der Waals surface area contributed by atoms with E-state index in [0.29, 0.717) is 25.3 Å². The molecule has 0 spiro atoms. The zero-order chi connectivity index (χ0) is 17.1. The number of carbonyl (C=O) groups is 2. The van der Waals surface area contributed by atoms with E-state index in [1.165, 1.54) is 5.56 Å². The maximum absolute atomic E-state index is 12.9. The lowest BCUT2D eigenvalue weighted by Crippen LogP contribution is -2.45. The maximum atomic E-state index is 12.9. The molecule has 0 bridgehead atoms. The molecule has 2 unspecified atom stereocenters. The van der Waals surface area contributed by atoms with Crippen molar-refractivity contribution in [3.63, 3.8) is 0 Å². The molecule has 2 amide bonds. The number of benzene rings is 1. The van der Waals surface area contributed by atoms with E-state index in [9.17, 15) is 9.59 Å². The molecule has 1 aromatic rings. The normalized spacial score (nSPS) is 24.0. The molecule has 0 saturated carbocycles. The van der Waals surface area contributed by atoms with E-state index in [4.69, 9.17) is 0 Å². The van der Waals surface area contributed by atoms with Gasteiger partial charge in [-0.2, -0.15) is 0 Å². The van der Waals surface area contributed by atoms with Crippen LogP contribution >= 0.6 is 0 Å². The summed E-state index contributed by atoms with van der Waals surface area (Å²) < 4.78 is 0. The first-order chi connectivity index (χ1) is 11.6. The minimum absolute atomic E-state index is 0.0971. The molecule has 0 aliphatic carbocycles. The molecule has 1 aromatic carbocycles. The van der Waals surface area contributed by atoms with Gasteiger partial charge in [0.25, 0.3) is 0 Å². The Labute approximate surface area is 144 Å². The third-order valence-corrected chi connectivity index (χ3v) is 5.18. The highest BCUT2D eigenvalue weighted by Crippen LogP contribution is 2.26. The molecular formula is C19H27N3O2. The first-order valence-electron chi connectivity index (χ1n) is 8.87. The lowest BCUT2D eigenvalue weighted by molar-refractivity contribution is -0.141. The van der Waals surface area contributed by atoms with Crippen LogP contribution in [0.1, 0.15) is 30.4 Å². The van der Waals surface area contributed by atoms with Crippen LogP contribution in [0.15, 0.2) is 24.3 Å². The van der Waals surface area contributed by atoms with Gasteiger partial charge in [0.05, 0.1) is 0 Å². The highest BCUT2D eigenvalue weighted by Gasteiger charge is 2.39. The molecular weight excluding hydrogens is 302 g/mol. The SMILES string of the molecule is CNCC1CCN(C(=O)C2CCC(=O)N2Cc2ccc(C)cc2)C1. The summed E-state index contributed by atoms with van der Waals surface area (Å²) in [5, 5.41) is 3.19. The molecule has 1 N–H and O–H groups in total. The van der Waals surface area contributed by atoms with E-state index in [-0.39, 0.29) is 17.9 Å². The fourth-order valence-corrected chi connectivity index (χ4v) is 3.78. The van der Waals surface area contributed by atoms with Gasteiger partial charge in [-0.05, 0) is 44.8 Å². The number of nitrogens with zero attached hydrogens (tertiary/aromatic N) is 2. The fraction of sp³-hybridized carbons (Fsp3) is 0.579. The van der Waals surface area contributed by atoms with E-state index in [1.54, 1.807) is 4.90 Å². The molecule has 2 aliphatic heterocycles. The Balaban J connectivity index is 1.66. The van der Waals surface area contributed by atoms with Gasteiger partial charge >= 0.3 is 0 Å². The Bertz CT molecular complexity index is 599. The van der Waals surface area contributed by atoms with Gasteiger partial charge in [-0.25, -0.2) is 0 Å². The van der Waals surface area contributed by atoms with Crippen molar-refractivity contribution < 1.29 is 9.59 Å². The molecule has 2 fully saturated rings. The predicted molar refractivity (Wildman–Crippen MR) is 93.4 cm³/mol. The summed E-state index contributed by atoms with van der Waals surface area (Å²) in [6.45, 7) is 5.15. The molecule has 0 aromatic heterocycles. The monoisotopic (exact) mass is 329 g/mol. The largest absolute Gasteiger partial charge is 0.341 e. The van der Waals surface area contributed by atoms with Crippen LogP contribution in [0.25, 0.3) is 0 Å². The second kappa shape index (κ2) is 7.34. The number of aryl methyl sites for hydroxylation is 1. The van der Waals surface area contributed by atoms with Crippen LogP contribution in [-0.2, 0) is 16.1 Å². The summed E-state index contributed by atoms with van der Waals surface area (Å²) in [4.78, 5) is 28.9. The van der Waals surface area contributed by atoms with Gasteiger partial charge in [-0.15, -0.1) is 0 Å². The average molecular weight is 329 g/mol. The van der Waals surface area contributed by atoms with E-state index < -0.39 is 0 Å². The Hall–Kier alpha value is -1.88. The van der Waals surface area contributed by atoms with Gasteiger partial charge < -0.3 is 15.1 Å². The van der Waals surface area contributed by atoms with Crippen LogP contribution < -0.4 is 5.32 Å². The summed E-state index contributed by atoms with van der Waals surface area (Å²) in [6.07, 6.45) is 2.18. The molecule has 3 rings (SSSR count). The highest BCUT2D eigenvalue weighted by molar-refractivity contribution is 5.91. The highest BCUT2D eigenvalue weighted by atomic mass is 16.2. The fourth-order valence-electron chi connectivity index (χ4n) is 3.78. The Morgan fingerprint density at radius 3 is 2.71 bits per heavy atom. The van der Waals surface area contributed by atoms with Crippen molar-refractivity contribution in [3.05, 3.63) is 35.4 Å². The van der Waals surface area contributed by atoms with E-state index >= 15 is 0 Å².